The maximum atomic E-state index is 11.4. The van der Waals surface area contributed by atoms with Crippen LogP contribution in [-0.4, -0.2) is 41.7 Å². The number of thioether (sulfide) groups is 1. The van der Waals surface area contributed by atoms with Crippen molar-refractivity contribution in [2.24, 2.45) is 5.73 Å². The number of rotatable bonds is 7. The Morgan fingerprint density at radius 3 is 2.71 bits per heavy atom. The Morgan fingerprint density at radius 1 is 1.64 bits per heavy atom. The van der Waals surface area contributed by atoms with Crippen LogP contribution in [0.1, 0.15) is 19.8 Å². The van der Waals surface area contributed by atoms with Crippen molar-refractivity contribution in [3.8, 4) is 0 Å². The Balaban J connectivity index is 3.81. The lowest BCUT2D eigenvalue weighted by atomic mass is 10.2. The first-order valence-electron chi connectivity index (χ1n) is 4.81. The summed E-state index contributed by atoms with van der Waals surface area (Å²) in [6.07, 6.45) is 3.37. The number of hydrogen-bond donors (Lipinski definition) is 3. The van der Waals surface area contributed by atoms with Crippen LogP contribution in [0.25, 0.3) is 0 Å². The van der Waals surface area contributed by atoms with Crippen molar-refractivity contribution in [1.29, 1.82) is 0 Å². The Morgan fingerprint density at radius 2 is 2.29 bits per heavy atom. The van der Waals surface area contributed by atoms with Gasteiger partial charge < -0.3 is 16.2 Å². The third kappa shape index (κ3) is 5.47. The summed E-state index contributed by atoms with van der Waals surface area (Å²) in [4.78, 5) is 11.4. The lowest BCUT2D eigenvalue weighted by Crippen LogP contribution is -2.46. The second-order valence-corrected chi connectivity index (χ2v) is 4.17. The van der Waals surface area contributed by atoms with Gasteiger partial charge in [-0.15, -0.1) is 0 Å². The largest absolute Gasteiger partial charge is 0.394 e. The lowest BCUT2D eigenvalue weighted by molar-refractivity contribution is -0.123. The highest BCUT2D eigenvalue weighted by Crippen LogP contribution is 1.99. The van der Waals surface area contributed by atoms with Gasteiger partial charge in [-0.2, -0.15) is 11.8 Å². The summed E-state index contributed by atoms with van der Waals surface area (Å²) >= 11 is 1.67. The molecule has 2 atom stereocenters. The van der Waals surface area contributed by atoms with Crippen LogP contribution in [0.5, 0.6) is 0 Å². The zero-order valence-electron chi connectivity index (χ0n) is 8.82. The topological polar surface area (TPSA) is 75.3 Å². The Hall–Kier alpha value is -0.260. The standard InChI is InChI=1S/C9H20N2O2S/c1-3-7(6-12)11-9(13)8(10)4-5-14-2/h7-8,12H,3-6,10H2,1-2H3,(H,11,13)/t7?,8-/m1/s1. The summed E-state index contributed by atoms with van der Waals surface area (Å²) in [6.45, 7) is 1.88. The van der Waals surface area contributed by atoms with E-state index in [-0.39, 0.29) is 18.6 Å². The fourth-order valence-corrected chi connectivity index (χ4v) is 1.45. The van der Waals surface area contributed by atoms with Crippen molar-refractivity contribution < 1.29 is 9.90 Å². The van der Waals surface area contributed by atoms with Crippen LogP contribution >= 0.6 is 11.8 Å². The summed E-state index contributed by atoms with van der Waals surface area (Å²) in [7, 11) is 0. The molecule has 0 aromatic heterocycles. The SMILES string of the molecule is CCC(CO)NC(=O)[C@H](N)CCSC. The van der Waals surface area contributed by atoms with Gasteiger partial charge in [-0.3, -0.25) is 4.79 Å². The van der Waals surface area contributed by atoms with Gasteiger partial charge in [0.2, 0.25) is 5.91 Å². The van der Waals surface area contributed by atoms with Gasteiger partial charge in [0.15, 0.2) is 0 Å². The van der Waals surface area contributed by atoms with Gasteiger partial charge in [0.05, 0.1) is 18.7 Å². The third-order valence-corrected chi connectivity index (χ3v) is 2.67. The van der Waals surface area contributed by atoms with Gasteiger partial charge in [-0.1, -0.05) is 6.92 Å². The molecule has 0 aromatic carbocycles. The molecular weight excluding hydrogens is 200 g/mol. The summed E-state index contributed by atoms with van der Waals surface area (Å²) in [5.74, 6) is 0.713. The molecule has 0 bridgehead atoms. The molecular formula is C9H20N2O2S. The highest BCUT2D eigenvalue weighted by molar-refractivity contribution is 7.98. The molecule has 0 heterocycles. The second kappa shape index (κ2) is 8.08. The summed E-state index contributed by atoms with van der Waals surface area (Å²) < 4.78 is 0. The van der Waals surface area contributed by atoms with E-state index in [1.807, 2.05) is 13.2 Å². The summed E-state index contributed by atoms with van der Waals surface area (Å²) in [5.41, 5.74) is 5.65. The van der Waals surface area contributed by atoms with Gasteiger partial charge in [0.25, 0.3) is 0 Å². The van der Waals surface area contributed by atoms with Crippen LogP contribution in [0.15, 0.2) is 0 Å². The second-order valence-electron chi connectivity index (χ2n) is 3.18. The smallest absolute Gasteiger partial charge is 0.237 e. The molecule has 5 heteroatoms. The molecule has 14 heavy (non-hydrogen) atoms. The maximum absolute atomic E-state index is 11.4. The van der Waals surface area contributed by atoms with E-state index in [4.69, 9.17) is 10.8 Å². The van der Waals surface area contributed by atoms with Crippen molar-refractivity contribution >= 4 is 17.7 Å². The van der Waals surface area contributed by atoms with Gasteiger partial charge in [0, 0.05) is 0 Å². The van der Waals surface area contributed by atoms with Crippen LogP contribution in [0.3, 0.4) is 0 Å². The molecule has 4 nitrogen and oxygen atoms in total. The molecule has 1 unspecified atom stereocenters. The maximum Gasteiger partial charge on any atom is 0.237 e. The Labute approximate surface area is 89.6 Å². The third-order valence-electron chi connectivity index (χ3n) is 2.03. The molecule has 4 N–H and O–H groups in total. The number of carbonyl (C=O) groups is 1. The van der Waals surface area contributed by atoms with Crippen LogP contribution in [0.2, 0.25) is 0 Å². The number of amides is 1. The number of nitrogens with two attached hydrogens (primary N) is 1. The fraction of sp³-hybridized carbons (Fsp3) is 0.889. The zero-order valence-corrected chi connectivity index (χ0v) is 9.64. The molecule has 0 saturated carbocycles. The molecule has 0 aliphatic heterocycles. The highest BCUT2D eigenvalue weighted by atomic mass is 32.2. The highest BCUT2D eigenvalue weighted by Gasteiger charge is 2.15. The Kier molecular flexibility index (Phi) is 7.93. The molecule has 0 spiro atoms. The van der Waals surface area contributed by atoms with Gasteiger partial charge in [-0.05, 0) is 24.9 Å². The van der Waals surface area contributed by atoms with Crippen molar-refractivity contribution in [2.75, 3.05) is 18.6 Å². The first kappa shape index (κ1) is 13.7. The van der Waals surface area contributed by atoms with Gasteiger partial charge >= 0.3 is 0 Å². The quantitative estimate of drug-likeness (QED) is 0.562. The van der Waals surface area contributed by atoms with E-state index in [2.05, 4.69) is 5.32 Å². The van der Waals surface area contributed by atoms with E-state index in [1.54, 1.807) is 11.8 Å². The molecule has 0 saturated heterocycles. The molecule has 0 rings (SSSR count). The van der Waals surface area contributed by atoms with E-state index in [1.165, 1.54) is 0 Å². The molecule has 1 amide bonds. The number of hydrogen-bond acceptors (Lipinski definition) is 4. The van der Waals surface area contributed by atoms with Crippen LogP contribution < -0.4 is 11.1 Å². The lowest BCUT2D eigenvalue weighted by Gasteiger charge is -2.17. The summed E-state index contributed by atoms with van der Waals surface area (Å²) in [5, 5.41) is 11.6. The number of nitrogens with one attached hydrogen (secondary N) is 1. The van der Waals surface area contributed by atoms with Gasteiger partial charge in [-0.25, -0.2) is 0 Å². The van der Waals surface area contributed by atoms with Crippen molar-refractivity contribution in [1.82, 2.24) is 5.32 Å². The van der Waals surface area contributed by atoms with Gasteiger partial charge in [0.1, 0.15) is 0 Å². The minimum atomic E-state index is -0.456. The van der Waals surface area contributed by atoms with E-state index >= 15 is 0 Å². The average molecular weight is 220 g/mol. The fourth-order valence-electron chi connectivity index (χ4n) is 0.961. The minimum Gasteiger partial charge on any atom is -0.394 e. The predicted octanol–water partition coefficient (Wildman–Crippen LogP) is -0.0461. The first-order valence-corrected chi connectivity index (χ1v) is 6.20. The van der Waals surface area contributed by atoms with E-state index < -0.39 is 6.04 Å². The predicted molar refractivity (Wildman–Crippen MR) is 60.3 cm³/mol. The molecule has 0 fully saturated rings. The zero-order chi connectivity index (χ0) is 11.0. The Bertz CT molecular complexity index is 163. The summed E-state index contributed by atoms with van der Waals surface area (Å²) in [6, 6.07) is -0.620. The van der Waals surface area contributed by atoms with E-state index in [0.29, 0.717) is 6.42 Å². The normalized spacial score (nSPS) is 14.9. The molecule has 84 valence electrons. The van der Waals surface area contributed by atoms with Crippen LogP contribution in [-0.2, 0) is 4.79 Å². The van der Waals surface area contributed by atoms with E-state index in [9.17, 15) is 4.79 Å². The number of aliphatic hydroxyl groups excluding tert-OH is 1. The van der Waals surface area contributed by atoms with Crippen molar-refractivity contribution in [2.45, 2.75) is 31.8 Å². The molecule has 0 aliphatic rings. The van der Waals surface area contributed by atoms with Crippen LogP contribution in [0, 0.1) is 0 Å². The van der Waals surface area contributed by atoms with Crippen molar-refractivity contribution in [3.05, 3.63) is 0 Å². The number of carbonyl (C=O) groups excluding carboxylic acids is 1. The first-order chi connectivity index (χ1) is 6.65. The van der Waals surface area contributed by atoms with Crippen molar-refractivity contribution in [3.63, 3.8) is 0 Å². The molecule has 0 aliphatic carbocycles. The average Bonchev–Trinajstić information content (AvgIpc) is 2.21. The number of aliphatic hydroxyl groups is 1. The molecule has 0 radical (unpaired) electrons. The molecule has 0 aromatic rings. The minimum absolute atomic E-state index is 0.0303. The monoisotopic (exact) mass is 220 g/mol. The van der Waals surface area contributed by atoms with E-state index in [0.717, 1.165) is 12.2 Å². The van der Waals surface area contributed by atoms with Crippen LogP contribution in [0.4, 0.5) is 0 Å².